The van der Waals surface area contributed by atoms with Crippen molar-refractivity contribution in [1.82, 2.24) is 0 Å². The summed E-state index contributed by atoms with van der Waals surface area (Å²) in [6.45, 7) is 10.6. The van der Waals surface area contributed by atoms with Crippen molar-refractivity contribution in [2.24, 2.45) is 0 Å². The number of rotatable bonds is 34. The number of aliphatic carboxylic acids is 1. The van der Waals surface area contributed by atoms with Gasteiger partial charge in [-0.05, 0) is 38.5 Å². The number of hydrogen-bond donors (Lipinski definition) is 0. The van der Waals surface area contributed by atoms with Gasteiger partial charge in [-0.2, -0.15) is 0 Å². The van der Waals surface area contributed by atoms with Crippen molar-refractivity contribution in [2.45, 2.75) is 233 Å². The summed E-state index contributed by atoms with van der Waals surface area (Å²) in [7, 11) is 0. The van der Waals surface area contributed by atoms with E-state index in [0.717, 1.165) is 122 Å². The monoisotopic (exact) mass is 751 g/mol. The third kappa shape index (κ3) is 38.1. The van der Waals surface area contributed by atoms with Crippen molar-refractivity contribution in [1.29, 1.82) is 0 Å². The number of esters is 4. The zero-order chi connectivity index (χ0) is 38.4. The molecular weight excluding hydrogens is 675 g/mol. The van der Waals surface area contributed by atoms with Gasteiger partial charge in [-0.3, -0.25) is 19.2 Å². The molecule has 0 aliphatic heterocycles. The summed E-state index contributed by atoms with van der Waals surface area (Å²) >= 11 is 0. The molecule has 0 unspecified atom stereocenters. The van der Waals surface area contributed by atoms with Crippen molar-refractivity contribution < 1.29 is 77.6 Å². The van der Waals surface area contributed by atoms with Crippen LogP contribution in [0.1, 0.15) is 227 Å². The van der Waals surface area contributed by atoms with Crippen LogP contribution in [0.2, 0.25) is 0 Å². The Hall–Kier alpha value is -1.65. The average molecular weight is 751 g/mol. The van der Waals surface area contributed by atoms with E-state index in [0.29, 0.717) is 25.7 Å². The van der Waals surface area contributed by atoms with E-state index in [1.54, 1.807) is 0 Å². The molecule has 0 heterocycles. The number of carbonyl (C=O) groups is 5. The minimum Gasteiger partial charge on any atom is -0.550 e. The van der Waals surface area contributed by atoms with Crippen LogP contribution in [0, 0.1) is 0 Å². The van der Waals surface area contributed by atoms with Gasteiger partial charge in [0.05, 0.1) is 0 Å². The molecule has 0 fully saturated rings. The van der Waals surface area contributed by atoms with E-state index >= 15 is 0 Å². The van der Waals surface area contributed by atoms with Gasteiger partial charge in [0, 0.05) is 31.7 Å². The van der Waals surface area contributed by atoms with E-state index in [9.17, 15) is 29.1 Å². The smallest absolute Gasteiger partial charge is 0.550 e. The van der Waals surface area contributed by atoms with Gasteiger partial charge >= 0.3 is 59.6 Å². The van der Waals surface area contributed by atoms with Gasteiger partial charge in [0.25, 0.3) is 0 Å². The number of carboxylic acids is 1. The number of hydrogen-bond acceptors (Lipinski definition) is 10. The number of carbonyl (C=O) groups excluding carboxylic acids is 5. The fourth-order valence-corrected chi connectivity index (χ4v) is 5.25. The van der Waals surface area contributed by atoms with Crippen LogP contribution in [0.5, 0.6) is 0 Å². The average Bonchev–Trinajstić information content (AvgIpc) is 3.08. The van der Waals surface area contributed by atoms with E-state index in [1.807, 2.05) is 0 Å². The molecule has 0 bridgehead atoms. The van der Waals surface area contributed by atoms with Crippen LogP contribution >= 0.6 is 0 Å². The Bertz CT molecular complexity index is 762. The van der Waals surface area contributed by atoms with Crippen LogP contribution in [0.4, 0.5) is 0 Å². The molecule has 0 aliphatic rings. The van der Waals surface area contributed by atoms with E-state index in [1.165, 1.54) is 12.8 Å². The second kappa shape index (κ2) is 40.5. The second-order valence-electron chi connectivity index (χ2n) is 13.6. The summed E-state index contributed by atoms with van der Waals surface area (Å²) in [4.78, 5) is 61.3. The molecule has 0 atom stereocenters. The van der Waals surface area contributed by atoms with Gasteiger partial charge in [-0.15, -0.1) is 0 Å². The van der Waals surface area contributed by atoms with Gasteiger partial charge in [0.2, 0.25) is 0 Å². The normalized spacial score (nSPS) is 10.7. The van der Waals surface area contributed by atoms with Gasteiger partial charge in [-0.25, -0.2) is 0 Å². The van der Waals surface area contributed by atoms with Crippen molar-refractivity contribution in [3.8, 4) is 0 Å². The Morgan fingerprint density at radius 3 is 0.731 bits per heavy atom. The molecule has 0 spiro atoms. The third-order valence-corrected chi connectivity index (χ3v) is 8.38. The first-order valence-electron chi connectivity index (χ1n) is 20.7. The van der Waals surface area contributed by atoms with Gasteiger partial charge in [0.15, 0.2) is 0 Å². The Labute approximate surface area is 339 Å². The molecule has 0 aromatic heterocycles. The fourth-order valence-electron chi connectivity index (χ4n) is 5.25. The number of carboxylic acid groups (broad SMARTS) is 1. The summed E-state index contributed by atoms with van der Waals surface area (Å²) in [6, 6.07) is 0. The largest absolute Gasteiger partial charge is 1.00 e. The maximum Gasteiger partial charge on any atom is 1.00 e. The quantitative estimate of drug-likeness (QED) is 0.0284. The van der Waals surface area contributed by atoms with E-state index in [2.05, 4.69) is 34.6 Å². The summed E-state index contributed by atoms with van der Waals surface area (Å²) in [6.07, 6.45) is 21.0. The van der Waals surface area contributed by atoms with Crippen molar-refractivity contribution in [2.75, 3.05) is 0 Å². The minimum atomic E-state index is -2.83. The van der Waals surface area contributed by atoms with Crippen LogP contribution in [0.25, 0.3) is 0 Å². The molecule has 0 amide bonds. The van der Waals surface area contributed by atoms with Crippen molar-refractivity contribution >= 4 is 29.8 Å². The van der Waals surface area contributed by atoms with Crippen LogP contribution < -0.4 is 34.7 Å². The van der Waals surface area contributed by atoms with Crippen molar-refractivity contribution in [3.63, 3.8) is 0 Å². The topological polar surface area (TPSA) is 145 Å². The molecule has 0 saturated carbocycles. The molecular formula is C41H75NaO10. The fraction of sp³-hybridized carbons (Fsp3) is 0.878. The van der Waals surface area contributed by atoms with Crippen LogP contribution in [0.15, 0.2) is 0 Å². The molecule has 0 N–H and O–H groups in total. The second-order valence-corrected chi connectivity index (χ2v) is 13.6. The zero-order valence-corrected chi connectivity index (χ0v) is 36.3. The van der Waals surface area contributed by atoms with Crippen molar-refractivity contribution in [3.05, 3.63) is 0 Å². The standard InChI is InChI=1S/C33H60O8.C8H16O2.Na/c1-5-9-13-17-21-25-29(34)38-33(39-30(35)26-22-18-14-10-6-2,40-31(36)27-23-19-15-11-7-3)41-32(37)28-24-20-16-12-8-4;1-2-3-4-5-6-7-8(9)10;/h5-28H2,1-4H3;2-7H2,1H3,(H,9,10);/q;;+1/p-1. The number of unbranched alkanes of at least 4 members (excludes halogenated alkanes) is 20. The SMILES string of the molecule is CCCCCCCC(=O)OC(OC(=O)CCCCCCC)(OC(=O)CCCCCCC)OC(=O)CCCCCCC.CCCCCCCC(=O)[O-].[Na+]. The Morgan fingerprint density at radius 2 is 0.538 bits per heavy atom. The summed E-state index contributed by atoms with van der Waals surface area (Å²) in [5.74, 6) is -3.91. The number of ether oxygens (including phenoxy) is 4. The molecule has 11 heteroatoms. The Morgan fingerprint density at radius 1 is 0.346 bits per heavy atom. The predicted molar refractivity (Wildman–Crippen MR) is 199 cm³/mol. The zero-order valence-electron chi connectivity index (χ0n) is 34.3. The molecule has 0 aliphatic carbocycles. The predicted octanol–water partition coefficient (Wildman–Crippen LogP) is 7.31. The molecule has 300 valence electrons. The van der Waals surface area contributed by atoms with Gasteiger partial charge < -0.3 is 28.8 Å². The maximum atomic E-state index is 12.8. The maximum absolute atomic E-state index is 12.8. The Kier molecular flexibility index (Phi) is 42.6. The summed E-state index contributed by atoms with van der Waals surface area (Å²) < 4.78 is 21.7. The van der Waals surface area contributed by atoms with E-state index in [-0.39, 0.29) is 61.7 Å². The molecule has 0 aromatic rings. The third-order valence-electron chi connectivity index (χ3n) is 8.38. The van der Waals surface area contributed by atoms with E-state index in [4.69, 9.17) is 18.9 Å². The van der Waals surface area contributed by atoms with E-state index < -0.39 is 36.0 Å². The minimum absolute atomic E-state index is 0. The van der Waals surface area contributed by atoms with Gasteiger partial charge in [-0.1, -0.05) is 163 Å². The van der Waals surface area contributed by atoms with Crippen LogP contribution in [-0.2, 0) is 42.9 Å². The summed E-state index contributed by atoms with van der Waals surface area (Å²) in [5, 5.41) is 9.92. The molecule has 10 nitrogen and oxygen atoms in total. The van der Waals surface area contributed by atoms with Gasteiger partial charge in [0.1, 0.15) is 0 Å². The Balaban J connectivity index is -0.00000189. The molecule has 52 heavy (non-hydrogen) atoms. The first-order valence-corrected chi connectivity index (χ1v) is 20.7. The summed E-state index contributed by atoms with van der Waals surface area (Å²) in [5.41, 5.74) is 0. The molecule has 0 rings (SSSR count). The first kappa shape index (κ1) is 54.7. The molecule has 0 saturated heterocycles. The van der Waals surface area contributed by atoms with Crippen LogP contribution in [0.3, 0.4) is 0 Å². The molecule has 0 radical (unpaired) electrons. The first-order chi connectivity index (χ1) is 24.6. The van der Waals surface area contributed by atoms with Crippen LogP contribution in [-0.4, -0.2) is 36.0 Å². The molecule has 0 aromatic carbocycles.